The molecule has 0 aromatic heterocycles. The predicted octanol–water partition coefficient (Wildman–Crippen LogP) is 5.72. The lowest BCUT2D eigenvalue weighted by Crippen LogP contribution is -2.50. The highest BCUT2D eigenvalue weighted by Crippen LogP contribution is 2.20. The molecule has 0 spiro atoms. The van der Waals surface area contributed by atoms with Crippen molar-refractivity contribution in [1.82, 2.24) is 10.2 Å². The number of nitrogens with one attached hydrogen (secondary N) is 1. The average Bonchev–Trinajstić information content (AvgIpc) is 2.82. The molecule has 0 radical (unpaired) electrons. The second-order valence-corrected chi connectivity index (χ2v) is 9.93. The lowest BCUT2D eigenvalue weighted by molar-refractivity contribution is -0.139. The largest absolute Gasteiger partial charge is 0.357 e. The maximum Gasteiger partial charge on any atom is 0.242 e. The van der Waals surface area contributed by atoms with Crippen molar-refractivity contribution in [2.24, 2.45) is 0 Å². The summed E-state index contributed by atoms with van der Waals surface area (Å²) in [7, 11) is 1.61. The minimum Gasteiger partial charge on any atom is -0.357 e. The van der Waals surface area contributed by atoms with Crippen LogP contribution in [0.15, 0.2) is 83.3 Å². The van der Waals surface area contributed by atoms with E-state index < -0.39 is 6.04 Å². The summed E-state index contributed by atoms with van der Waals surface area (Å²) in [5.41, 5.74) is 3.07. The fourth-order valence-electron chi connectivity index (χ4n) is 3.47. The van der Waals surface area contributed by atoms with E-state index in [2.05, 4.69) is 21.2 Å². The van der Waals surface area contributed by atoms with Crippen LogP contribution < -0.4 is 5.32 Å². The van der Waals surface area contributed by atoms with E-state index in [0.29, 0.717) is 23.7 Å². The van der Waals surface area contributed by atoms with Gasteiger partial charge in [-0.2, -0.15) is 0 Å². The van der Waals surface area contributed by atoms with E-state index in [0.717, 1.165) is 21.2 Å². The molecule has 0 saturated heterocycles. The average molecular weight is 546 g/mol. The van der Waals surface area contributed by atoms with Crippen molar-refractivity contribution >= 4 is 51.1 Å². The molecule has 3 aromatic carbocycles. The van der Waals surface area contributed by atoms with Crippen LogP contribution in [0.4, 0.5) is 0 Å². The number of nitrogens with zero attached hydrogens (tertiary/aromatic N) is 1. The van der Waals surface area contributed by atoms with Crippen LogP contribution in [0.25, 0.3) is 0 Å². The lowest BCUT2D eigenvalue weighted by Gasteiger charge is -2.31. The second kappa shape index (κ2) is 12.8. The molecule has 172 valence electrons. The highest BCUT2D eigenvalue weighted by Gasteiger charge is 2.29. The molecule has 0 fully saturated rings. The Hall–Kier alpha value is -2.28. The zero-order valence-corrected chi connectivity index (χ0v) is 21.5. The summed E-state index contributed by atoms with van der Waals surface area (Å²) < 4.78 is 0.934. The van der Waals surface area contributed by atoms with Crippen molar-refractivity contribution in [3.05, 3.63) is 105 Å². The van der Waals surface area contributed by atoms with Crippen LogP contribution in [-0.2, 0) is 28.3 Å². The number of carbonyl (C=O) groups excluding carboxylic acids is 2. The van der Waals surface area contributed by atoms with Crippen LogP contribution in [0.3, 0.4) is 0 Å². The predicted molar refractivity (Wildman–Crippen MR) is 140 cm³/mol. The SMILES string of the molecule is CNC(=O)[C@@H](Cc1ccccc1)N(Cc1cccc(Br)c1)C(=O)CSCc1ccc(Cl)cc1. The second-order valence-electron chi connectivity index (χ2n) is 7.59. The van der Waals surface area contributed by atoms with Crippen molar-refractivity contribution in [3.63, 3.8) is 0 Å². The molecule has 33 heavy (non-hydrogen) atoms. The molecular weight excluding hydrogens is 520 g/mol. The van der Waals surface area contributed by atoms with Gasteiger partial charge in [0, 0.05) is 35.3 Å². The smallest absolute Gasteiger partial charge is 0.242 e. The van der Waals surface area contributed by atoms with Crippen molar-refractivity contribution in [2.75, 3.05) is 12.8 Å². The van der Waals surface area contributed by atoms with E-state index in [1.165, 1.54) is 11.8 Å². The molecule has 0 aliphatic carbocycles. The zero-order chi connectivity index (χ0) is 23.6. The Balaban J connectivity index is 1.80. The Morgan fingerprint density at radius 2 is 1.67 bits per heavy atom. The highest BCUT2D eigenvalue weighted by molar-refractivity contribution is 9.10. The number of amides is 2. The normalized spacial score (nSPS) is 11.6. The van der Waals surface area contributed by atoms with E-state index in [-0.39, 0.29) is 17.6 Å². The molecule has 0 aliphatic heterocycles. The van der Waals surface area contributed by atoms with Crippen LogP contribution in [0.2, 0.25) is 5.02 Å². The Bertz CT molecular complexity index is 1060. The third kappa shape index (κ3) is 7.91. The van der Waals surface area contributed by atoms with Gasteiger partial charge in [-0.15, -0.1) is 11.8 Å². The van der Waals surface area contributed by atoms with Gasteiger partial charge >= 0.3 is 0 Å². The number of likely N-dealkylation sites (N-methyl/N-ethyl adjacent to an activating group) is 1. The molecular formula is C26H26BrClN2O2S. The lowest BCUT2D eigenvalue weighted by atomic mass is 10.0. The van der Waals surface area contributed by atoms with Gasteiger partial charge in [-0.05, 0) is 41.0 Å². The molecule has 4 nitrogen and oxygen atoms in total. The van der Waals surface area contributed by atoms with Crippen LogP contribution in [0.1, 0.15) is 16.7 Å². The molecule has 1 N–H and O–H groups in total. The Kier molecular flexibility index (Phi) is 9.85. The van der Waals surface area contributed by atoms with E-state index in [1.807, 2.05) is 78.9 Å². The first-order valence-corrected chi connectivity index (χ1v) is 12.9. The Morgan fingerprint density at radius 1 is 0.970 bits per heavy atom. The van der Waals surface area contributed by atoms with Gasteiger partial charge in [0.1, 0.15) is 6.04 Å². The van der Waals surface area contributed by atoms with Crippen molar-refractivity contribution in [3.8, 4) is 0 Å². The van der Waals surface area contributed by atoms with Gasteiger partial charge in [-0.1, -0.05) is 82.1 Å². The maximum absolute atomic E-state index is 13.4. The number of rotatable bonds is 10. The fraction of sp³-hybridized carbons (Fsp3) is 0.231. The van der Waals surface area contributed by atoms with E-state index in [1.54, 1.807) is 11.9 Å². The van der Waals surface area contributed by atoms with Gasteiger partial charge in [-0.3, -0.25) is 9.59 Å². The highest BCUT2D eigenvalue weighted by atomic mass is 79.9. The molecule has 0 aliphatic rings. The number of halogens is 2. The van der Waals surface area contributed by atoms with Crippen molar-refractivity contribution < 1.29 is 9.59 Å². The summed E-state index contributed by atoms with van der Waals surface area (Å²) in [5, 5.41) is 3.43. The Labute approximate surface area is 212 Å². The molecule has 2 amide bonds. The quantitative estimate of drug-likeness (QED) is 0.354. The van der Waals surface area contributed by atoms with E-state index >= 15 is 0 Å². The van der Waals surface area contributed by atoms with Gasteiger partial charge in [0.05, 0.1) is 5.75 Å². The summed E-state index contributed by atoms with van der Waals surface area (Å²) in [6.07, 6.45) is 0.447. The Morgan fingerprint density at radius 3 is 2.33 bits per heavy atom. The number of hydrogen-bond acceptors (Lipinski definition) is 3. The van der Waals surface area contributed by atoms with Gasteiger partial charge in [-0.25, -0.2) is 0 Å². The first-order valence-electron chi connectivity index (χ1n) is 10.6. The van der Waals surface area contributed by atoms with Crippen LogP contribution >= 0.6 is 39.3 Å². The molecule has 0 bridgehead atoms. The first-order chi connectivity index (χ1) is 16.0. The number of benzene rings is 3. The molecule has 3 rings (SSSR count). The molecule has 1 atom stereocenters. The van der Waals surface area contributed by atoms with Crippen LogP contribution in [0, 0.1) is 0 Å². The monoisotopic (exact) mass is 544 g/mol. The summed E-state index contributed by atoms with van der Waals surface area (Å²) in [6, 6.07) is 24.6. The number of hydrogen-bond donors (Lipinski definition) is 1. The first kappa shape index (κ1) is 25.3. The molecule has 0 heterocycles. The summed E-state index contributed by atoms with van der Waals surface area (Å²) >= 11 is 11.0. The van der Waals surface area contributed by atoms with Gasteiger partial charge in [0.2, 0.25) is 11.8 Å². The van der Waals surface area contributed by atoms with Gasteiger partial charge < -0.3 is 10.2 Å². The minimum atomic E-state index is -0.611. The third-order valence-corrected chi connectivity index (χ3v) is 6.90. The van der Waals surface area contributed by atoms with Gasteiger partial charge in [0.25, 0.3) is 0 Å². The van der Waals surface area contributed by atoms with Gasteiger partial charge in [0.15, 0.2) is 0 Å². The zero-order valence-electron chi connectivity index (χ0n) is 18.3. The van der Waals surface area contributed by atoms with E-state index in [4.69, 9.17) is 11.6 Å². The standard InChI is InChI=1S/C26H26BrClN2O2S/c1-29-26(32)24(15-19-6-3-2-4-7-19)30(16-21-8-5-9-22(27)14-21)25(31)18-33-17-20-10-12-23(28)13-11-20/h2-14,24H,15-18H2,1H3,(H,29,32)/t24-/m1/s1. The van der Waals surface area contributed by atoms with Crippen LogP contribution in [-0.4, -0.2) is 35.6 Å². The third-order valence-electron chi connectivity index (χ3n) is 5.17. The topological polar surface area (TPSA) is 49.4 Å². The molecule has 0 unspecified atom stereocenters. The summed E-state index contributed by atoms with van der Waals surface area (Å²) in [4.78, 5) is 28.0. The summed E-state index contributed by atoms with van der Waals surface area (Å²) in [5.74, 6) is 0.721. The molecule has 3 aromatic rings. The van der Waals surface area contributed by atoms with Crippen molar-refractivity contribution in [2.45, 2.75) is 24.8 Å². The molecule has 0 saturated carbocycles. The molecule has 7 heteroatoms. The van der Waals surface area contributed by atoms with Crippen molar-refractivity contribution in [1.29, 1.82) is 0 Å². The maximum atomic E-state index is 13.4. The van der Waals surface area contributed by atoms with E-state index in [9.17, 15) is 9.59 Å². The number of thioether (sulfide) groups is 1. The minimum absolute atomic E-state index is 0.0709. The number of carbonyl (C=O) groups is 2. The fourth-order valence-corrected chi connectivity index (χ4v) is 4.92. The van der Waals surface area contributed by atoms with Crippen LogP contribution in [0.5, 0.6) is 0 Å². The summed E-state index contributed by atoms with van der Waals surface area (Å²) in [6.45, 7) is 0.352.